The molecule has 0 saturated carbocycles. The second kappa shape index (κ2) is 4.14. The Morgan fingerprint density at radius 2 is 2.50 bits per heavy atom. The highest BCUT2D eigenvalue weighted by Gasteiger charge is 2.39. The van der Waals surface area contributed by atoms with Gasteiger partial charge in [0.15, 0.2) is 0 Å². The fraction of sp³-hybridized carbons (Fsp3) is 0.889. The minimum atomic E-state index is 0.0563. The number of carbonyl (C=O) groups excluding carboxylic acids is 1. The highest BCUT2D eigenvalue weighted by Crippen LogP contribution is 2.18. The maximum Gasteiger partial charge on any atom is 0.318 e. The first-order chi connectivity index (χ1) is 6.83. The minimum Gasteiger partial charge on any atom is -0.383 e. The molecule has 2 heterocycles. The van der Waals surface area contributed by atoms with E-state index in [0.717, 1.165) is 19.5 Å². The van der Waals surface area contributed by atoms with E-state index < -0.39 is 0 Å². The standard InChI is InChI=1S/C9H17N3O2/c1-14-5-4-12-8-2-3-10-6-7(8)11-9(12)13/h7-8,10H,2-6H2,1H3,(H,11,13). The molecule has 2 aliphatic heterocycles. The van der Waals surface area contributed by atoms with Crippen LogP contribution in [0, 0.1) is 0 Å². The lowest BCUT2D eigenvalue weighted by molar-refractivity contribution is 0.138. The summed E-state index contributed by atoms with van der Waals surface area (Å²) >= 11 is 0. The van der Waals surface area contributed by atoms with Gasteiger partial charge in [-0.15, -0.1) is 0 Å². The second-order valence-electron chi connectivity index (χ2n) is 3.80. The average molecular weight is 199 g/mol. The summed E-state index contributed by atoms with van der Waals surface area (Å²) in [6, 6.07) is 0.702. The van der Waals surface area contributed by atoms with Crippen LogP contribution in [0.15, 0.2) is 0 Å². The Bertz CT molecular complexity index is 222. The van der Waals surface area contributed by atoms with Crippen molar-refractivity contribution in [3.05, 3.63) is 0 Å². The number of nitrogens with one attached hydrogen (secondary N) is 2. The van der Waals surface area contributed by atoms with E-state index in [1.807, 2.05) is 4.90 Å². The molecule has 2 saturated heterocycles. The van der Waals surface area contributed by atoms with Crippen molar-refractivity contribution in [1.82, 2.24) is 15.5 Å². The van der Waals surface area contributed by atoms with Gasteiger partial charge in [0.25, 0.3) is 0 Å². The van der Waals surface area contributed by atoms with Gasteiger partial charge in [-0.25, -0.2) is 4.79 Å². The number of hydrogen-bond acceptors (Lipinski definition) is 3. The molecule has 2 N–H and O–H groups in total. The fourth-order valence-electron chi connectivity index (χ4n) is 2.21. The van der Waals surface area contributed by atoms with Crippen LogP contribution in [0.25, 0.3) is 0 Å². The van der Waals surface area contributed by atoms with Gasteiger partial charge in [-0.3, -0.25) is 0 Å². The molecule has 5 heteroatoms. The Labute approximate surface area is 83.8 Å². The van der Waals surface area contributed by atoms with Gasteiger partial charge < -0.3 is 20.3 Å². The first-order valence-corrected chi connectivity index (χ1v) is 5.09. The maximum atomic E-state index is 11.6. The molecule has 0 aromatic heterocycles. The maximum absolute atomic E-state index is 11.6. The summed E-state index contributed by atoms with van der Waals surface area (Å²) in [5.41, 5.74) is 0. The number of piperidine rings is 1. The topological polar surface area (TPSA) is 53.6 Å². The summed E-state index contributed by atoms with van der Waals surface area (Å²) in [5, 5.41) is 6.26. The van der Waals surface area contributed by atoms with Gasteiger partial charge in [-0.1, -0.05) is 0 Å². The molecule has 0 bridgehead atoms. The molecule has 0 aromatic rings. The molecule has 80 valence electrons. The van der Waals surface area contributed by atoms with Crippen molar-refractivity contribution in [2.45, 2.75) is 18.5 Å². The highest BCUT2D eigenvalue weighted by molar-refractivity contribution is 5.77. The van der Waals surface area contributed by atoms with Gasteiger partial charge in [-0.2, -0.15) is 0 Å². The summed E-state index contributed by atoms with van der Waals surface area (Å²) in [4.78, 5) is 13.5. The molecule has 2 rings (SSSR count). The first kappa shape index (κ1) is 9.73. The molecule has 5 nitrogen and oxygen atoms in total. The normalized spacial score (nSPS) is 31.5. The van der Waals surface area contributed by atoms with Crippen LogP contribution >= 0.6 is 0 Å². The third-order valence-corrected chi connectivity index (χ3v) is 2.95. The number of methoxy groups -OCH3 is 1. The van der Waals surface area contributed by atoms with Crippen molar-refractivity contribution in [3.8, 4) is 0 Å². The molecule has 2 aliphatic rings. The highest BCUT2D eigenvalue weighted by atomic mass is 16.5. The fourth-order valence-corrected chi connectivity index (χ4v) is 2.21. The zero-order valence-electron chi connectivity index (χ0n) is 8.45. The van der Waals surface area contributed by atoms with E-state index in [1.165, 1.54) is 0 Å². The van der Waals surface area contributed by atoms with E-state index in [4.69, 9.17) is 4.74 Å². The lowest BCUT2D eigenvalue weighted by Gasteiger charge is -2.30. The van der Waals surface area contributed by atoms with E-state index in [9.17, 15) is 4.79 Å². The Kier molecular flexibility index (Phi) is 2.88. The number of hydrogen-bond donors (Lipinski definition) is 2. The van der Waals surface area contributed by atoms with E-state index in [0.29, 0.717) is 19.2 Å². The molecule has 0 aromatic carbocycles. The molecular weight excluding hydrogens is 182 g/mol. The van der Waals surface area contributed by atoms with Crippen LogP contribution in [-0.2, 0) is 4.74 Å². The van der Waals surface area contributed by atoms with Gasteiger partial charge in [-0.05, 0) is 13.0 Å². The largest absolute Gasteiger partial charge is 0.383 e. The van der Waals surface area contributed by atoms with Crippen molar-refractivity contribution in [1.29, 1.82) is 0 Å². The summed E-state index contributed by atoms with van der Waals surface area (Å²) < 4.78 is 4.99. The SMILES string of the molecule is COCCN1C(=O)NC2CNCCC21. The molecule has 2 amide bonds. The van der Waals surface area contributed by atoms with Gasteiger partial charge in [0.2, 0.25) is 0 Å². The Hall–Kier alpha value is -0.810. The average Bonchev–Trinajstić information content (AvgIpc) is 2.51. The van der Waals surface area contributed by atoms with Crippen LogP contribution in [0.2, 0.25) is 0 Å². The number of nitrogens with zero attached hydrogens (tertiary/aromatic N) is 1. The van der Waals surface area contributed by atoms with E-state index in [1.54, 1.807) is 7.11 Å². The Morgan fingerprint density at radius 1 is 1.64 bits per heavy atom. The third-order valence-electron chi connectivity index (χ3n) is 2.95. The zero-order valence-corrected chi connectivity index (χ0v) is 8.45. The van der Waals surface area contributed by atoms with Crippen molar-refractivity contribution in [2.24, 2.45) is 0 Å². The summed E-state index contributed by atoms with van der Waals surface area (Å²) in [5.74, 6) is 0. The molecule has 14 heavy (non-hydrogen) atoms. The van der Waals surface area contributed by atoms with Crippen LogP contribution in [0.1, 0.15) is 6.42 Å². The molecule has 2 atom stereocenters. The van der Waals surface area contributed by atoms with Gasteiger partial charge >= 0.3 is 6.03 Å². The monoisotopic (exact) mass is 199 g/mol. The molecule has 0 aliphatic carbocycles. The zero-order chi connectivity index (χ0) is 9.97. The third kappa shape index (κ3) is 1.69. The molecule has 2 unspecified atom stereocenters. The van der Waals surface area contributed by atoms with Gasteiger partial charge in [0.1, 0.15) is 0 Å². The predicted molar refractivity (Wildman–Crippen MR) is 52.2 cm³/mol. The number of amides is 2. The van der Waals surface area contributed by atoms with Crippen molar-refractivity contribution >= 4 is 6.03 Å². The summed E-state index contributed by atoms with van der Waals surface area (Å²) in [6.07, 6.45) is 1.03. The quantitative estimate of drug-likeness (QED) is 0.637. The van der Waals surface area contributed by atoms with Crippen LogP contribution in [0.3, 0.4) is 0 Å². The summed E-state index contributed by atoms with van der Waals surface area (Å²) in [6.45, 7) is 3.20. The van der Waals surface area contributed by atoms with Crippen molar-refractivity contribution < 1.29 is 9.53 Å². The molecular formula is C9H17N3O2. The van der Waals surface area contributed by atoms with Crippen LogP contribution in [0.5, 0.6) is 0 Å². The van der Waals surface area contributed by atoms with Crippen molar-refractivity contribution in [3.63, 3.8) is 0 Å². The van der Waals surface area contributed by atoms with Crippen molar-refractivity contribution in [2.75, 3.05) is 33.4 Å². The molecule has 2 fully saturated rings. The lowest BCUT2D eigenvalue weighted by atomic mass is 10.0. The van der Waals surface area contributed by atoms with Crippen LogP contribution in [-0.4, -0.2) is 56.4 Å². The number of fused-ring (bicyclic) bond motifs is 1. The number of carbonyl (C=O) groups is 1. The number of rotatable bonds is 3. The smallest absolute Gasteiger partial charge is 0.318 e. The van der Waals surface area contributed by atoms with Gasteiger partial charge in [0, 0.05) is 20.2 Å². The predicted octanol–water partition coefficient (Wildman–Crippen LogP) is -0.611. The summed E-state index contributed by atoms with van der Waals surface area (Å²) in [7, 11) is 1.66. The first-order valence-electron chi connectivity index (χ1n) is 5.09. The Morgan fingerprint density at radius 3 is 3.29 bits per heavy atom. The Balaban J connectivity index is 1.96. The second-order valence-corrected chi connectivity index (χ2v) is 3.80. The minimum absolute atomic E-state index is 0.0563. The molecule has 0 spiro atoms. The van der Waals surface area contributed by atoms with Crippen LogP contribution in [0.4, 0.5) is 4.79 Å². The van der Waals surface area contributed by atoms with E-state index in [-0.39, 0.29) is 12.1 Å². The van der Waals surface area contributed by atoms with E-state index >= 15 is 0 Å². The molecule has 0 radical (unpaired) electrons. The lowest BCUT2D eigenvalue weighted by Crippen LogP contribution is -2.49. The van der Waals surface area contributed by atoms with Gasteiger partial charge in [0.05, 0.1) is 18.7 Å². The number of ether oxygens (including phenoxy) is 1. The number of urea groups is 1. The van der Waals surface area contributed by atoms with Crippen LogP contribution < -0.4 is 10.6 Å². The van der Waals surface area contributed by atoms with E-state index in [2.05, 4.69) is 10.6 Å².